The first kappa shape index (κ1) is 16.6. The van der Waals surface area contributed by atoms with Crippen molar-refractivity contribution >= 4 is 27.3 Å². The van der Waals surface area contributed by atoms with Gasteiger partial charge in [-0.2, -0.15) is 4.52 Å². The average molecular weight is 373 g/mol. The average Bonchev–Trinajstić information content (AvgIpc) is 3.31. The van der Waals surface area contributed by atoms with Gasteiger partial charge in [-0.3, -0.25) is 9.59 Å². The molecule has 0 spiro atoms. The molecule has 1 amide bonds. The third-order valence-corrected chi connectivity index (χ3v) is 5.25. The molecule has 1 fully saturated rings. The zero-order valence-corrected chi connectivity index (χ0v) is 14.6. The summed E-state index contributed by atoms with van der Waals surface area (Å²) in [5, 5.41) is 7.73. The summed E-state index contributed by atoms with van der Waals surface area (Å²) in [5.41, 5.74) is 0.176. The number of carbonyl (C=O) groups is 1. The van der Waals surface area contributed by atoms with Gasteiger partial charge in [-0.05, 0) is 30.5 Å². The van der Waals surface area contributed by atoms with E-state index >= 15 is 0 Å². The second kappa shape index (κ2) is 6.83. The molecule has 134 valence electrons. The zero-order valence-electron chi connectivity index (χ0n) is 13.8. The number of amides is 1. The van der Waals surface area contributed by atoms with Gasteiger partial charge >= 0.3 is 0 Å². The molecule has 0 saturated carbocycles. The van der Waals surface area contributed by atoms with Gasteiger partial charge < -0.3 is 10.2 Å². The van der Waals surface area contributed by atoms with E-state index in [1.165, 1.54) is 34.2 Å². The Morgan fingerprint density at radius 3 is 2.69 bits per heavy atom. The molecule has 1 aliphatic heterocycles. The van der Waals surface area contributed by atoms with Crippen molar-refractivity contribution in [3.8, 4) is 0 Å². The number of fused-ring (bicyclic) bond motifs is 1. The summed E-state index contributed by atoms with van der Waals surface area (Å²) < 4.78 is 14.1. The van der Waals surface area contributed by atoms with Crippen LogP contribution >= 0.6 is 11.3 Å². The van der Waals surface area contributed by atoms with Gasteiger partial charge in [0, 0.05) is 25.8 Å². The van der Waals surface area contributed by atoms with Crippen molar-refractivity contribution in [2.75, 3.05) is 18.0 Å². The topological polar surface area (TPSA) is 79.6 Å². The summed E-state index contributed by atoms with van der Waals surface area (Å²) in [7, 11) is 0. The number of hydrogen-bond acceptors (Lipinski definition) is 6. The van der Waals surface area contributed by atoms with Crippen LogP contribution in [0, 0.1) is 5.82 Å². The van der Waals surface area contributed by atoms with Crippen LogP contribution in [0.25, 0.3) is 4.96 Å². The number of benzene rings is 1. The highest BCUT2D eigenvalue weighted by molar-refractivity contribution is 7.20. The van der Waals surface area contributed by atoms with E-state index in [2.05, 4.69) is 20.3 Å². The Morgan fingerprint density at radius 2 is 1.96 bits per heavy atom. The van der Waals surface area contributed by atoms with Gasteiger partial charge in [-0.25, -0.2) is 9.37 Å². The van der Waals surface area contributed by atoms with E-state index in [1.54, 1.807) is 12.1 Å². The van der Waals surface area contributed by atoms with Crippen LogP contribution in [0.3, 0.4) is 0 Å². The number of nitrogens with one attached hydrogen (secondary N) is 1. The Labute approximate surface area is 152 Å². The van der Waals surface area contributed by atoms with Gasteiger partial charge in [0.25, 0.3) is 11.5 Å². The third-order valence-electron chi connectivity index (χ3n) is 4.26. The van der Waals surface area contributed by atoms with E-state index in [4.69, 9.17) is 0 Å². The maximum Gasteiger partial charge on any atom is 0.288 e. The largest absolute Gasteiger partial charge is 0.348 e. The molecule has 26 heavy (non-hydrogen) atoms. The molecule has 4 rings (SSSR count). The molecule has 3 heterocycles. The number of aromatic nitrogens is 3. The van der Waals surface area contributed by atoms with Crippen molar-refractivity contribution < 1.29 is 9.18 Å². The Morgan fingerprint density at radius 1 is 1.23 bits per heavy atom. The van der Waals surface area contributed by atoms with E-state index in [-0.39, 0.29) is 17.9 Å². The fourth-order valence-corrected chi connectivity index (χ4v) is 3.76. The van der Waals surface area contributed by atoms with Gasteiger partial charge in [-0.15, -0.1) is 5.10 Å². The van der Waals surface area contributed by atoms with E-state index < -0.39 is 11.5 Å². The van der Waals surface area contributed by atoms with E-state index in [0.717, 1.165) is 36.6 Å². The molecule has 0 radical (unpaired) electrons. The molecule has 0 aliphatic carbocycles. The van der Waals surface area contributed by atoms with Gasteiger partial charge in [0.1, 0.15) is 11.4 Å². The summed E-state index contributed by atoms with van der Waals surface area (Å²) in [6.07, 6.45) is 3.49. The maximum absolute atomic E-state index is 12.9. The molecule has 2 aromatic heterocycles. The lowest BCUT2D eigenvalue weighted by Crippen LogP contribution is -2.31. The molecular formula is C17H16FN5O2S. The third kappa shape index (κ3) is 3.17. The summed E-state index contributed by atoms with van der Waals surface area (Å²) >= 11 is 1.34. The minimum absolute atomic E-state index is 0.0668. The quantitative estimate of drug-likeness (QED) is 0.755. The maximum atomic E-state index is 12.9. The fourth-order valence-electron chi connectivity index (χ4n) is 2.85. The van der Waals surface area contributed by atoms with Crippen LogP contribution in [-0.2, 0) is 6.54 Å². The molecule has 1 saturated heterocycles. The first-order valence-electron chi connectivity index (χ1n) is 8.28. The van der Waals surface area contributed by atoms with Gasteiger partial charge in [0.2, 0.25) is 10.1 Å². The van der Waals surface area contributed by atoms with Crippen LogP contribution in [0.5, 0.6) is 0 Å². The minimum atomic E-state index is -0.531. The zero-order chi connectivity index (χ0) is 18.1. The molecule has 0 unspecified atom stereocenters. The highest BCUT2D eigenvalue weighted by Crippen LogP contribution is 2.24. The molecule has 1 aromatic carbocycles. The number of carbonyl (C=O) groups excluding carboxylic acids is 1. The number of rotatable bonds is 4. The summed E-state index contributed by atoms with van der Waals surface area (Å²) in [6, 6.07) is 5.79. The molecular weight excluding hydrogens is 357 g/mol. The Hall–Kier alpha value is -2.81. The lowest BCUT2D eigenvalue weighted by Gasteiger charge is -2.10. The molecule has 1 N–H and O–H groups in total. The lowest BCUT2D eigenvalue weighted by atomic mass is 10.2. The van der Waals surface area contributed by atoms with E-state index in [0.29, 0.717) is 4.96 Å². The summed E-state index contributed by atoms with van der Waals surface area (Å²) in [6.45, 7) is 2.02. The molecule has 1 aliphatic rings. The molecule has 7 nitrogen and oxygen atoms in total. The second-order valence-electron chi connectivity index (χ2n) is 6.06. The van der Waals surface area contributed by atoms with Crippen LogP contribution in [0.2, 0.25) is 0 Å². The van der Waals surface area contributed by atoms with Gasteiger partial charge in [0.15, 0.2) is 0 Å². The van der Waals surface area contributed by atoms with Crippen molar-refractivity contribution in [3.63, 3.8) is 0 Å². The molecule has 3 aromatic rings. The highest BCUT2D eigenvalue weighted by atomic mass is 32.1. The van der Waals surface area contributed by atoms with Crippen LogP contribution in [0.15, 0.2) is 35.3 Å². The SMILES string of the molecule is O=C(NCc1ccc(F)cc1)c1cnc2sc(N3CCCC3)nn2c1=O. The first-order valence-corrected chi connectivity index (χ1v) is 9.10. The number of hydrogen-bond donors (Lipinski definition) is 1. The van der Waals surface area contributed by atoms with Crippen LogP contribution in [0.4, 0.5) is 9.52 Å². The van der Waals surface area contributed by atoms with E-state index in [1.807, 2.05) is 0 Å². The number of anilines is 1. The molecule has 0 atom stereocenters. The summed E-state index contributed by atoms with van der Waals surface area (Å²) in [4.78, 5) is 31.7. The van der Waals surface area contributed by atoms with Crippen molar-refractivity contribution in [1.29, 1.82) is 0 Å². The second-order valence-corrected chi connectivity index (χ2v) is 6.99. The lowest BCUT2D eigenvalue weighted by molar-refractivity contribution is 0.0948. The number of halogens is 1. The standard InChI is InChI=1S/C17H16FN5O2S/c18-12-5-3-11(4-6-12)9-19-14(24)13-10-20-16-23(15(13)25)21-17(26-16)22-7-1-2-8-22/h3-6,10H,1-2,7-9H2,(H,19,24). The smallest absolute Gasteiger partial charge is 0.288 e. The van der Waals surface area contributed by atoms with Crippen LogP contribution in [0.1, 0.15) is 28.8 Å². The Bertz CT molecular complexity index is 1010. The highest BCUT2D eigenvalue weighted by Gasteiger charge is 2.20. The Kier molecular flexibility index (Phi) is 4.37. The predicted molar refractivity (Wildman–Crippen MR) is 96.2 cm³/mol. The van der Waals surface area contributed by atoms with Crippen molar-refractivity contribution in [2.24, 2.45) is 0 Å². The predicted octanol–water partition coefficient (Wildman–Crippen LogP) is 1.82. The summed E-state index contributed by atoms with van der Waals surface area (Å²) in [5.74, 6) is -0.873. The van der Waals surface area contributed by atoms with Crippen LogP contribution in [-0.4, -0.2) is 33.6 Å². The Balaban J connectivity index is 1.55. The van der Waals surface area contributed by atoms with Crippen LogP contribution < -0.4 is 15.8 Å². The minimum Gasteiger partial charge on any atom is -0.348 e. The molecule has 0 bridgehead atoms. The fraction of sp³-hybridized carbons (Fsp3) is 0.294. The normalized spacial score (nSPS) is 14.1. The molecule has 9 heteroatoms. The number of nitrogens with zero attached hydrogens (tertiary/aromatic N) is 4. The van der Waals surface area contributed by atoms with Crippen molar-refractivity contribution in [2.45, 2.75) is 19.4 Å². The van der Waals surface area contributed by atoms with E-state index in [9.17, 15) is 14.0 Å². The van der Waals surface area contributed by atoms with Crippen molar-refractivity contribution in [3.05, 3.63) is 57.8 Å². The van der Waals surface area contributed by atoms with Gasteiger partial charge in [-0.1, -0.05) is 23.5 Å². The van der Waals surface area contributed by atoms with Gasteiger partial charge in [0.05, 0.1) is 0 Å². The first-order chi connectivity index (χ1) is 12.6. The monoisotopic (exact) mass is 373 g/mol. The van der Waals surface area contributed by atoms with Crippen molar-refractivity contribution in [1.82, 2.24) is 19.9 Å².